The van der Waals surface area contributed by atoms with Crippen molar-refractivity contribution in [2.24, 2.45) is 0 Å². The van der Waals surface area contributed by atoms with Crippen LogP contribution in [0.1, 0.15) is 162 Å². The van der Waals surface area contributed by atoms with Crippen molar-refractivity contribution in [2.75, 3.05) is 54.1 Å². The number of ether oxygens (including phenoxy) is 1. The van der Waals surface area contributed by atoms with Gasteiger partial charge in [-0.15, -0.1) is 0 Å². The van der Waals surface area contributed by atoms with Gasteiger partial charge in [-0.25, -0.2) is 4.57 Å². The number of rotatable bonds is 34. The first kappa shape index (κ1) is 43.5. The minimum atomic E-state index is -4.19. The molecular formula is C35H74N2O6P+. The minimum Gasteiger partial charge on any atom is -0.374 e. The van der Waals surface area contributed by atoms with E-state index in [1.54, 1.807) is 0 Å². The quantitative estimate of drug-likeness (QED) is 0.0410. The number of likely N-dealkylation sites (N-methyl/N-ethyl adjacent to an activating group) is 1. The summed E-state index contributed by atoms with van der Waals surface area (Å²) in [5.41, 5.74) is 0. The van der Waals surface area contributed by atoms with Crippen LogP contribution < -0.4 is 5.32 Å². The molecule has 0 aliphatic heterocycles. The van der Waals surface area contributed by atoms with E-state index in [-0.39, 0.29) is 25.7 Å². The number of hydrogen-bond donors (Lipinski definition) is 2. The van der Waals surface area contributed by atoms with Crippen LogP contribution in [0.2, 0.25) is 0 Å². The Bertz CT molecular complexity index is 689. The van der Waals surface area contributed by atoms with E-state index in [9.17, 15) is 14.3 Å². The molecule has 2 N–H and O–H groups in total. The molecule has 44 heavy (non-hydrogen) atoms. The third kappa shape index (κ3) is 32.9. The van der Waals surface area contributed by atoms with Crippen LogP contribution in [0.25, 0.3) is 0 Å². The van der Waals surface area contributed by atoms with Crippen LogP contribution in [-0.4, -0.2) is 75.4 Å². The van der Waals surface area contributed by atoms with Gasteiger partial charge in [0.25, 0.3) is 0 Å². The van der Waals surface area contributed by atoms with Crippen LogP contribution in [0.3, 0.4) is 0 Å². The van der Waals surface area contributed by atoms with E-state index >= 15 is 0 Å². The number of hydrogen-bond acceptors (Lipinski definition) is 5. The lowest BCUT2D eigenvalue weighted by atomic mass is 10.0. The fourth-order valence-electron chi connectivity index (χ4n) is 5.09. The zero-order valence-corrected chi connectivity index (χ0v) is 30.7. The molecule has 0 fully saturated rings. The molecule has 0 radical (unpaired) electrons. The lowest BCUT2D eigenvalue weighted by molar-refractivity contribution is -0.870. The molecule has 0 saturated carbocycles. The normalized spacial score (nSPS) is 14.0. The highest BCUT2D eigenvalue weighted by Gasteiger charge is 2.25. The lowest BCUT2D eigenvalue weighted by Gasteiger charge is -2.24. The van der Waals surface area contributed by atoms with E-state index in [1.165, 1.54) is 116 Å². The van der Waals surface area contributed by atoms with Gasteiger partial charge in [-0.05, 0) is 12.8 Å². The van der Waals surface area contributed by atoms with E-state index in [1.807, 2.05) is 21.1 Å². The van der Waals surface area contributed by atoms with Gasteiger partial charge in [0.15, 0.2) is 0 Å². The van der Waals surface area contributed by atoms with Crippen LogP contribution in [-0.2, 0) is 23.1 Å². The molecule has 0 heterocycles. The van der Waals surface area contributed by atoms with Crippen LogP contribution in [0.4, 0.5) is 0 Å². The predicted octanol–water partition coefficient (Wildman–Crippen LogP) is 9.34. The Morgan fingerprint density at radius 2 is 1.09 bits per heavy atom. The Labute approximate surface area is 273 Å². The largest absolute Gasteiger partial charge is 0.472 e. The summed E-state index contributed by atoms with van der Waals surface area (Å²) >= 11 is 0. The van der Waals surface area contributed by atoms with E-state index in [0.29, 0.717) is 24.1 Å². The fourth-order valence-corrected chi connectivity index (χ4v) is 5.83. The molecule has 0 bridgehead atoms. The molecule has 0 aromatic carbocycles. The van der Waals surface area contributed by atoms with Gasteiger partial charge >= 0.3 is 7.82 Å². The highest BCUT2D eigenvalue weighted by Crippen LogP contribution is 2.43. The van der Waals surface area contributed by atoms with Crippen molar-refractivity contribution in [3.05, 3.63) is 0 Å². The van der Waals surface area contributed by atoms with Gasteiger partial charge in [0.05, 0.1) is 33.9 Å². The fraction of sp³-hybridized carbons (Fsp3) is 0.971. The number of amides is 1. The van der Waals surface area contributed by atoms with E-state index < -0.39 is 13.9 Å². The summed E-state index contributed by atoms with van der Waals surface area (Å²) in [7, 11) is 1.78. The molecular weight excluding hydrogens is 575 g/mol. The first-order valence-corrected chi connectivity index (χ1v) is 19.9. The summed E-state index contributed by atoms with van der Waals surface area (Å²) in [6.45, 7) is 5.89. The topological polar surface area (TPSA) is 94.1 Å². The molecule has 0 aliphatic carbocycles. The summed E-state index contributed by atoms with van der Waals surface area (Å²) in [5, 5.41) is 2.95. The monoisotopic (exact) mass is 650 g/mol. The van der Waals surface area contributed by atoms with Gasteiger partial charge in [0.1, 0.15) is 13.2 Å². The number of unbranched alkanes of at least 4 members (excludes halogenated alkanes) is 20. The molecule has 0 saturated heterocycles. The van der Waals surface area contributed by atoms with Crippen LogP contribution in [0.5, 0.6) is 0 Å². The van der Waals surface area contributed by atoms with Gasteiger partial charge in [-0.1, -0.05) is 142 Å². The Morgan fingerprint density at radius 1 is 0.659 bits per heavy atom. The van der Waals surface area contributed by atoms with Crippen molar-refractivity contribution in [1.29, 1.82) is 0 Å². The number of carbonyl (C=O) groups is 1. The summed E-state index contributed by atoms with van der Waals surface area (Å²) in [6.07, 6.45) is 27.7. The second-order valence-corrected chi connectivity index (χ2v) is 15.2. The van der Waals surface area contributed by atoms with Gasteiger partial charge in [-0.3, -0.25) is 13.8 Å². The van der Waals surface area contributed by atoms with Crippen molar-refractivity contribution in [3.63, 3.8) is 0 Å². The summed E-state index contributed by atoms with van der Waals surface area (Å²) < 4.78 is 29.4. The third-order valence-corrected chi connectivity index (χ3v) is 9.06. The first-order chi connectivity index (χ1) is 21.1. The molecule has 2 atom stereocenters. The lowest BCUT2D eigenvalue weighted by Crippen LogP contribution is -2.37. The Kier molecular flexibility index (Phi) is 29.5. The number of nitrogens with one attached hydrogen (secondary N) is 1. The molecule has 0 aromatic heterocycles. The third-order valence-electron chi connectivity index (χ3n) is 8.08. The maximum Gasteiger partial charge on any atom is 0.472 e. The highest BCUT2D eigenvalue weighted by atomic mass is 31.2. The van der Waals surface area contributed by atoms with E-state index in [4.69, 9.17) is 13.8 Å². The molecule has 264 valence electrons. The maximum absolute atomic E-state index is 12.5. The number of phosphoric ester groups is 1. The molecule has 9 heteroatoms. The van der Waals surface area contributed by atoms with Crippen molar-refractivity contribution in [3.8, 4) is 0 Å². The molecule has 0 aromatic rings. The van der Waals surface area contributed by atoms with Crippen molar-refractivity contribution < 1.29 is 32.5 Å². The number of carbonyl (C=O) groups excluding carboxylic acids is 1. The summed E-state index contributed by atoms with van der Waals surface area (Å²) in [6, 6.07) is 0. The Balaban J connectivity index is 4.15. The van der Waals surface area contributed by atoms with Crippen molar-refractivity contribution in [2.45, 2.75) is 168 Å². The smallest absolute Gasteiger partial charge is 0.374 e. The second-order valence-electron chi connectivity index (χ2n) is 13.7. The van der Waals surface area contributed by atoms with E-state index in [0.717, 1.165) is 25.7 Å². The molecule has 1 amide bonds. The SMILES string of the molecule is CCCCCCCCCCCCCCCCCC(=O)NCC(COP(=O)(O)OCC[N+](C)(C)C)OCCCCCCCCC. The summed E-state index contributed by atoms with van der Waals surface area (Å²) in [5.74, 6) is -0.00408. The standard InChI is InChI=1S/C35H73N2O6P/c1-6-8-10-12-14-15-16-17-18-19-20-21-22-24-26-28-35(38)36-32-34(41-30-27-25-23-13-11-9-7-2)33-43-44(39,40)42-31-29-37(3,4)5/h34H,6-33H2,1-5H3,(H-,36,38,39,40)/p+1. The average Bonchev–Trinajstić information content (AvgIpc) is 2.96. The Hall–Kier alpha value is -0.500. The predicted molar refractivity (Wildman–Crippen MR) is 185 cm³/mol. The van der Waals surface area contributed by atoms with Crippen LogP contribution in [0, 0.1) is 0 Å². The van der Waals surface area contributed by atoms with Gasteiger partial charge in [-0.2, -0.15) is 0 Å². The molecule has 0 rings (SSSR count). The molecule has 8 nitrogen and oxygen atoms in total. The molecule has 0 spiro atoms. The van der Waals surface area contributed by atoms with Gasteiger partial charge in [0.2, 0.25) is 5.91 Å². The number of nitrogens with zero attached hydrogens (tertiary/aromatic N) is 1. The zero-order chi connectivity index (χ0) is 32.8. The van der Waals surface area contributed by atoms with E-state index in [2.05, 4.69) is 19.2 Å². The van der Waals surface area contributed by atoms with Gasteiger partial charge in [0, 0.05) is 19.6 Å². The zero-order valence-electron chi connectivity index (χ0n) is 29.8. The average molecular weight is 650 g/mol. The van der Waals surface area contributed by atoms with Crippen LogP contribution >= 0.6 is 7.82 Å². The molecule has 2 unspecified atom stereocenters. The molecule has 0 aliphatic rings. The summed E-state index contributed by atoms with van der Waals surface area (Å²) in [4.78, 5) is 22.6. The minimum absolute atomic E-state index is 0.00408. The highest BCUT2D eigenvalue weighted by molar-refractivity contribution is 7.47. The second kappa shape index (κ2) is 29.9. The Morgan fingerprint density at radius 3 is 1.55 bits per heavy atom. The van der Waals surface area contributed by atoms with Crippen molar-refractivity contribution >= 4 is 13.7 Å². The van der Waals surface area contributed by atoms with Crippen molar-refractivity contribution in [1.82, 2.24) is 5.32 Å². The first-order valence-electron chi connectivity index (χ1n) is 18.4. The number of phosphoric acid groups is 1. The van der Waals surface area contributed by atoms with Gasteiger partial charge < -0.3 is 19.4 Å². The maximum atomic E-state index is 12.5. The van der Waals surface area contributed by atoms with Crippen LogP contribution in [0.15, 0.2) is 0 Å². The number of quaternary nitrogens is 1.